The highest BCUT2D eigenvalue weighted by atomic mass is 32.2. The molecule has 0 amide bonds. The van der Waals surface area contributed by atoms with Gasteiger partial charge in [0.15, 0.2) is 0 Å². The molecule has 0 aliphatic carbocycles. The molecule has 2 rings (SSSR count). The highest BCUT2D eigenvalue weighted by molar-refractivity contribution is 8.23. The molecule has 0 bridgehead atoms. The fraction of sp³-hybridized carbons (Fsp3) is 0.0714. The maximum absolute atomic E-state index is 12.8. The van der Waals surface area contributed by atoms with Crippen LogP contribution in [0.2, 0.25) is 0 Å². The highest BCUT2D eigenvalue weighted by Gasteiger charge is 2.08. The summed E-state index contributed by atoms with van der Waals surface area (Å²) >= 11 is 6.78. The van der Waals surface area contributed by atoms with Gasteiger partial charge in [0.2, 0.25) is 0 Å². The van der Waals surface area contributed by atoms with Crippen molar-refractivity contribution < 1.29 is 9.13 Å². The molecule has 0 heterocycles. The molecular formula is C14H11FOS2. The Labute approximate surface area is 115 Å². The number of benzene rings is 2. The van der Waals surface area contributed by atoms with E-state index < -0.39 is 0 Å². The first-order valence-corrected chi connectivity index (χ1v) is 6.54. The van der Waals surface area contributed by atoms with Crippen LogP contribution in [-0.2, 0) is 0 Å². The van der Waals surface area contributed by atoms with Crippen molar-refractivity contribution in [3.05, 3.63) is 59.9 Å². The van der Waals surface area contributed by atoms with E-state index in [0.717, 1.165) is 16.2 Å². The average molecular weight is 278 g/mol. The molecule has 1 nitrogen and oxygen atoms in total. The zero-order valence-electron chi connectivity index (χ0n) is 9.72. The third-order valence-corrected chi connectivity index (χ3v) is 3.82. The molecule has 0 radical (unpaired) electrons. The van der Waals surface area contributed by atoms with E-state index in [1.807, 2.05) is 24.3 Å². The standard InChI is InChI=1S/C14H11FOS2/c1-16-12-4-2-3-5-13(12)18-14(17)10-6-8-11(15)9-7-10/h2-9H,1H3. The summed E-state index contributed by atoms with van der Waals surface area (Å²) < 4.78 is 18.8. The van der Waals surface area contributed by atoms with Crippen LogP contribution in [0.5, 0.6) is 5.75 Å². The minimum absolute atomic E-state index is 0.260. The number of hydrogen-bond acceptors (Lipinski definition) is 3. The van der Waals surface area contributed by atoms with Crippen LogP contribution >= 0.6 is 24.0 Å². The number of methoxy groups -OCH3 is 1. The number of ether oxygens (including phenoxy) is 1. The van der Waals surface area contributed by atoms with Crippen molar-refractivity contribution in [1.82, 2.24) is 0 Å². The monoisotopic (exact) mass is 278 g/mol. The molecule has 0 fully saturated rings. The fourth-order valence-electron chi connectivity index (χ4n) is 1.45. The molecule has 0 aromatic heterocycles. The summed E-state index contributed by atoms with van der Waals surface area (Å²) in [5.41, 5.74) is 0.835. The zero-order chi connectivity index (χ0) is 13.0. The highest BCUT2D eigenvalue weighted by Crippen LogP contribution is 2.31. The van der Waals surface area contributed by atoms with Gasteiger partial charge in [0, 0.05) is 0 Å². The molecular weight excluding hydrogens is 267 g/mol. The van der Waals surface area contributed by atoms with Gasteiger partial charge in [-0.25, -0.2) is 4.39 Å². The van der Waals surface area contributed by atoms with Gasteiger partial charge in [-0.1, -0.05) is 48.2 Å². The minimum Gasteiger partial charge on any atom is -0.496 e. The minimum atomic E-state index is -0.260. The first-order chi connectivity index (χ1) is 8.70. The molecule has 0 N–H and O–H groups in total. The van der Waals surface area contributed by atoms with E-state index in [2.05, 4.69) is 0 Å². The van der Waals surface area contributed by atoms with Crippen LogP contribution < -0.4 is 4.74 Å². The van der Waals surface area contributed by atoms with Crippen LogP contribution in [-0.4, -0.2) is 11.3 Å². The van der Waals surface area contributed by atoms with Crippen molar-refractivity contribution in [2.45, 2.75) is 4.90 Å². The summed E-state index contributed by atoms with van der Waals surface area (Å²) in [5.74, 6) is 0.524. The van der Waals surface area contributed by atoms with Crippen molar-refractivity contribution >= 4 is 28.2 Å². The lowest BCUT2D eigenvalue weighted by atomic mass is 10.2. The largest absolute Gasteiger partial charge is 0.496 e. The van der Waals surface area contributed by atoms with E-state index in [1.54, 1.807) is 19.2 Å². The Morgan fingerprint density at radius 1 is 1.11 bits per heavy atom. The molecule has 0 saturated carbocycles. The van der Waals surface area contributed by atoms with Crippen LogP contribution in [0.3, 0.4) is 0 Å². The van der Waals surface area contributed by atoms with Gasteiger partial charge in [-0.05, 0) is 29.8 Å². The lowest BCUT2D eigenvalue weighted by Gasteiger charge is -2.08. The second kappa shape index (κ2) is 5.98. The van der Waals surface area contributed by atoms with E-state index in [-0.39, 0.29) is 5.82 Å². The average Bonchev–Trinajstić information content (AvgIpc) is 2.40. The smallest absolute Gasteiger partial charge is 0.132 e. The molecule has 92 valence electrons. The normalized spacial score (nSPS) is 10.1. The van der Waals surface area contributed by atoms with Gasteiger partial charge < -0.3 is 4.74 Å². The van der Waals surface area contributed by atoms with Gasteiger partial charge in [-0.2, -0.15) is 0 Å². The second-order valence-corrected chi connectivity index (χ2v) is 5.27. The maximum atomic E-state index is 12.8. The van der Waals surface area contributed by atoms with Crippen LogP contribution in [0.15, 0.2) is 53.4 Å². The molecule has 0 aliphatic rings. The summed E-state index contributed by atoms with van der Waals surface area (Å²) in [6, 6.07) is 13.8. The van der Waals surface area contributed by atoms with E-state index in [1.165, 1.54) is 23.9 Å². The van der Waals surface area contributed by atoms with Gasteiger partial charge >= 0.3 is 0 Å². The van der Waals surface area contributed by atoms with Crippen LogP contribution in [0.25, 0.3) is 0 Å². The van der Waals surface area contributed by atoms with E-state index in [0.29, 0.717) is 4.20 Å². The lowest BCUT2D eigenvalue weighted by Crippen LogP contribution is -1.93. The van der Waals surface area contributed by atoms with Crippen molar-refractivity contribution in [1.29, 1.82) is 0 Å². The van der Waals surface area contributed by atoms with Gasteiger partial charge in [-0.3, -0.25) is 0 Å². The Morgan fingerprint density at radius 2 is 1.78 bits per heavy atom. The van der Waals surface area contributed by atoms with E-state index in [4.69, 9.17) is 17.0 Å². The van der Waals surface area contributed by atoms with Gasteiger partial charge in [0.25, 0.3) is 0 Å². The van der Waals surface area contributed by atoms with E-state index in [9.17, 15) is 4.39 Å². The third-order valence-electron chi connectivity index (χ3n) is 2.35. The SMILES string of the molecule is COc1ccccc1SC(=S)c1ccc(F)cc1. The Bertz CT molecular complexity index is 552. The number of thioether (sulfide) groups is 1. The number of rotatable bonds is 3. The second-order valence-electron chi connectivity index (χ2n) is 3.55. The number of para-hydroxylation sites is 1. The summed E-state index contributed by atoms with van der Waals surface area (Å²) in [4.78, 5) is 0.953. The van der Waals surface area contributed by atoms with Crippen molar-refractivity contribution in [3.8, 4) is 5.75 Å². The Balaban J connectivity index is 2.18. The number of halogens is 1. The molecule has 0 spiro atoms. The molecule has 2 aromatic carbocycles. The Hall–Kier alpha value is -1.39. The van der Waals surface area contributed by atoms with Crippen molar-refractivity contribution in [3.63, 3.8) is 0 Å². The van der Waals surface area contributed by atoms with Gasteiger partial charge in [0.1, 0.15) is 11.6 Å². The fourth-order valence-corrected chi connectivity index (χ4v) is 2.71. The topological polar surface area (TPSA) is 9.23 Å². The summed E-state index contributed by atoms with van der Waals surface area (Å²) in [6.45, 7) is 0. The number of thiocarbonyl (C=S) groups is 1. The third kappa shape index (κ3) is 3.09. The Morgan fingerprint density at radius 3 is 2.44 bits per heavy atom. The summed E-state index contributed by atoms with van der Waals surface area (Å²) in [6.07, 6.45) is 0. The summed E-state index contributed by atoms with van der Waals surface area (Å²) in [5, 5.41) is 0. The quantitative estimate of drug-likeness (QED) is 0.612. The first-order valence-electron chi connectivity index (χ1n) is 5.31. The molecule has 0 aliphatic heterocycles. The van der Waals surface area contributed by atoms with Crippen LogP contribution in [0.1, 0.15) is 5.56 Å². The Kier molecular flexibility index (Phi) is 4.33. The zero-order valence-corrected chi connectivity index (χ0v) is 11.4. The molecule has 18 heavy (non-hydrogen) atoms. The molecule has 0 saturated heterocycles. The molecule has 0 atom stereocenters. The van der Waals surface area contributed by atoms with E-state index >= 15 is 0 Å². The molecule has 2 aromatic rings. The predicted molar refractivity (Wildman–Crippen MR) is 77.0 cm³/mol. The van der Waals surface area contributed by atoms with Crippen LogP contribution in [0.4, 0.5) is 4.39 Å². The van der Waals surface area contributed by atoms with Crippen molar-refractivity contribution in [2.24, 2.45) is 0 Å². The lowest BCUT2D eigenvalue weighted by molar-refractivity contribution is 0.405. The molecule has 4 heteroatoms. The maximum Gasteiger partial charge on any atom is 0.132 e. The predicted octanol–water partition coefficient (Wildman–Crippen LogP) is 4.30. The molecule has 0 unspecified atom stereocenters. The van der Waals surface area contributed by atoms with Gasteiger partial charge in [-0.15, -0.1) is 0 Å². The number of hydrogen-bond donors (Lipinski definition) is 0. The first kappa shape index (κ1) is 13.1. The van der Waals surface area contributed by atoms with Crippen molar-refractivity contribution in [2.75, 3.05) is 7.11 Å². The van der Waals surface area contributed by atoms with Crippen LogP contribution in [0, 0.1) is 5.82 Å². The summed E-state index contributed by atoms with van der Waals surface area (Å²) in [7, 11) is 1.63. The van der Waals surface area contributed by atoms with Gasteiger partial charge in [0.05, 0.1) is 16.2 Å².